The van der Waals surface area contributed by atoms with E-state index in [4.69, 9.17) is 16.3 Å². The minimum Gasteiger partial charge on any atom is -0.495 e. The Kier molecular flexibility index (Phi) is 12.4. The van der Waals surface area contributed by atoms with Gasteiger partial charge >= 0.3 is 0 Å². The molecule has 4 rings (SSSR count). The van der Waals surface area contributed by atoms with Crippen LogP contribution in [0.4, 0.5) is 5.69 Å². The lowest BCUT2D eigenvalue weighted by Gasteiger charge is -2.34. The molecule has 1 N–H and O–H groups in total. The first-order valence-corrected chi connectivity index (χ1v) is 17.5. The first kappa shape index (κ1) is 35.5. The fourth-order valence-electron chi connectivity index (χ4n) is 5.22. The Morgan fingerprint density at radius 2 is 1.55 bits per heavy atom. The van der Waals surface area contributed by atoms with E-state index in [2.05, 4.69) is 5.32 Å². The largest absolute Gasteiger partial charge is 0.495 e. The number of nitrogens with zero attached hydrogens (tertiary/aromatic N) is 2. The second-order valence-electron chi connectivity index (χ2n) is 11.5. The summed E-state index contributed by atoms with van der Waals surface area (Å²) < 4.78 is 35.4. The highest BCUT2D eigenvalue weighted by Gasteiger charge is 2.35. The summed E-state index contributed by atoms with van der Waals surface area (Å²) in [6.07, 6.45) is 1.88. The lowest BCUT2D eigenvalue weighted by molar-refractivity contribution is -0.140. The predicted molar refractivity (Wildman–Crippen MR) is 187 cm³/mol. The molecule has 0 aliphatic rings. The summed E-state index contributed by atoms with van der Waals surface area (Å²) in [5.41, 5.74) is 3.37. The Morgan fingerprint density at radius 1 is 0.894 bits per heavy atom. The van der Waals surface area contributed by atoms with Crippen LogP contribution in [0.3, 0.4) is 0 Å². The number of rotatable bonds is 15. The Balaban J connectivity index is 1.85. The van der Waals surface area contributed by atoms with E-state index in [0.717, 1.165) is 33.8 Å². The van der Waals surface area contributed by atoms with E-state index in [0.29, 0.717) is 17.1 Å². The number of hydrogen-bond acceptors (Lipinski definition) is 5. The maximum absolute atomic E-state index is 14.7. The third-order valence-electron chi connectivity index (χ3n) is 7.89. The van der Waals surface area contributed by atoms with Gasteiger partial charge in [-0.3, -0.25) is 13.9 Å². The van der Waals surface area contributed by atoms with E-state index in [1.165, 1.54) is 24.1 Å². The van der Waals surface area contributed by atoms with Crippen LogP contribution in [0.2, 0.25) is 5.02 Å². The number of ether oxygens (including phenoxy) is 1. The van der Waals surface area contributed by atoms with E-state index in [-0.39, 0.29) is 35.2 Å². The van der Waals surface area contributed by atoms with E-state index in [1.54, 1.807) is 48.5 Å². The lowest BCUT2D eigenvalue weighted by atomic mass is 10.0. The van der Waals surface area contributed by atoms with Crippen molar-refractivity contribution in [2.75, 3.05) is 24.5 Å². The van der Waals surface area contributed by atoms with Gasteiger partial charge in [-0.15, -0.1) is 0 Å². The zero-order valence-corrected chi connectivity index (χ0v) is 28.9. The fourth-order valence-corrected chi connectivity index (χ4v) is 6.83. The number of methoxy groups -OCH3 is 1. The number of hydrogen-bond donors (Lipinski definition) is 1. The lowest BCUT2D eigenvalue weighted by Crippen LogP contribution is -2.53. The third-order valence-corrected chi connectivity index (χ3v) is 10.0. The second kappa shape index (κ2) is 16.5. The number of carbonyl (C=O) groups excluding carboxylic acids is 2. The van der Waals surface area contributed by atoms with Crippen LogP contribution < -0.4 is 14.4 Å². The van der Waals surface area contributed by atoms with Gasteiger partial charge in [0.05, 0.1) is 17.7 Å². The van der Waals surface area contributed by atoms with Gasteiger partial charge in [-0.1, -0.05) is 97.2 Å². The minimum absolute atomic E-state index is 0.0133. The topological polar surface area (TPSA) is 96.0 Å². The van der Waals surface area contributed by atoms with Crippen LogP contribution >= 0.6 is 11.6 Å². The Labute approximate surface area is 283 Å². The van der Waals surface area contributed by atoms with Crippen LogP contribution in [0.1, 0.15) is 42.0 Å². The van der Waals surface area contributed by atoms with Crippen molar-refractivity contribution >= 4 is 39.1 Å². The van der Waals surface area contributed by atoms with Crippen molar-refractivity contribution in [1.82, 2.24) is 10.2 Å². The highest BCUT2D eigenvalue weighted by molar-refractivity contribution is 7.92. The van der Waals surface area contributed by atoms with Crippen LogP contribution in [0.25, 0.3) is 0 Å². The van der Waals surface area contributed by atoms with Crippen LogP contribution in [0.5, 0.6) is 5.75 Å². The number of aryl methyl sites for hydroxylation is 2. The maximum atomic E-state index is 14.7. The van der Waals surface area contributed by atoms with Gasteiger partial charge in [0.1, 0.15) is 18.3 Å². The summed E-state index contributed by atoms with van der Waals surface area (Å²) in [5.74, 6) is -0.616. The standard InChI is InChI=1S/C37H42ClN3O5S/c1-5-6-22-39-37(43)34(24-29-12-8-7-9-13-29)40(25-30-14-10-11-15-32(30)38)36(42)26-41(33-23-28(3)18-21-35(33)46-4)47(44,45)31-19-16-27(2)17-20-31/h7-21,23,34H,5-6,22,24-26H2,1-4H3,(H,39,43)/t34-/m0/s1. The summed E-state index contributed by atoms with van der Waals surface area (Å²) in [4.78, 5) is 30.0. The second-order valence-corrected chi connectivity index (χ2v) is 13.7. The van der Waals surface area contributed by atoms with Gasteiger partial charge in [-0.25, -0.2) is 8.42 Å². The number of amides is 2. The van der Waals surface area contributed by atoms with Crippen molar-refractivity contribution in [3.8, 4) is 5.75 Å². The van der Waals surface area contributed by atoms with Crippen LogP contribution in [0, 0.1) is 13.8 Å². The maximum Gasteiger partial charge on any atom is 0.264 e. The van der Waals surface area contributed by atoms with E-state index in [1.807, 2.05) is 57.2 Å². The molecule has 0 heterocycles. The summed E-state index contributed by atoms with van der Waals surface area (Å²) in [5, 5.41) is 3.42. The molecule has 0 saturated heterocycles. The van der Waals surface area contributed by atoms with Crippen molar-refractivity contribution in [2.24, 2.45) is 0 Å². The van der Waals surface area contributed by atoms with Crippen LogP contribution in [0.15, 0.2) is 102 Å². The van der Waals surface area contributed by atoms with Crippen molar-refractivity contribution in [3.63, 3.8) is 0 Å². The molecule has 0 saturated carbocycles. The molecule has 0 radical (unpaired) electrons. The molecule has 0 aliphatic heterocycles. The smallest absolute Gasteiger partial charge is 0.264 e. The Hall–Kier alpha value is -4.34. The molecule has 4 aromatic rings. The summed E-state index contributed by atoms with van der Waals surface area (Å²) in [7, 11) is -2.82. The van der Waals surface area contributed by atoms with E-state index < -0.39 is 28.5 Å². The molecule has 0 fully saturated rings. The molecule has 248 valence electrons. The molecule has 0 aromatic heterocycles. The number of unbranched alkanes of at least 4 members (excludes halogenated alkanes) is 1. The molecule has 47 heavy (non-hydrogen) atoms. The normalized spacial score (nSPS) is 11.9. The molecule has 0 bridgehead atoms. The van der Waals surface area contributed by atoms with Gasteiger partial charge in [0.25, 0.3) is 10.0 Å². The van der Waals surface area contributed by atoms with E-state index in [9.17, 15) is 18.0 Å². The molecule has 0 aliphatic carbocycles. The zero-order chi connectivity index (χ0) is 34.0. The first-order valence-electron chi connectivity index (χ1n) is 15.6. The molecule has 0 spiro atoms. The van der Waals surface area contributed by atoms with Crippen molar-refractivity contribution in [1.29, 1.82) is 0 Å². The summed E-state index contributed by atoms with van der Waals surface area (Å²) in [6.45, 7) is 5.58. The third kappa shape index (κ3) is 9.14. The van der Waals surface area contributed by atoms with Gasteiger partial charge in [0.2, 0.25) is 11.8 Å². The van der Waals surface area contributed by atoms with Gasteiger partial charge in [0, 0.05) is 24.5 Å². The minimum atomic E-state index is -4.27. The Morgan fingerprint density at radius 3 is 2.21 bits per heavy atom. The molecule has 10 heteroatoms. The summed E-state index contributed by atoms with van der Waals surface area (Å²) in [6, 6.07) is 27.2. The number of sulfonamides is 1. The molecule has 0 unspecified atom stereocenters. The first-order chi connectivity index (χ1) is 22.5. The number of benzene rings is 4. The average molecular weight is 676 g/mol. The van der Waals surface area contributed by atoms with Gasteiger partial charge in [-0.05, 0) is 67.3 Å². The van der Waals surface area contributed by atoms with Crippen molar-refractivity contribution in [3.05, 3.63) is 124 Å². The highest BCUT2D eigenvalue weighted by atomic mass is 35.5. The van der Waals surface area contributed by atoms with Crippen LogP contribution in [-0.2, 0) is 32.6 Å². The number of halogens is 1. The average Bonchev–Trinajstić information content (AvgIpc) is 3.06. The van der Waals surface area contributed by atoms with Crippen LogP contribution in [-0.4, -0.2) is 51.4 Å². The molecular weight excluding hydrogens is 634 g/mol. The number of anilines is 1. The van der Waals surface area contributed by atoms with E-state index >= 15 is 0 Å². The molecular formula is C37H42ClN3O5S. The van der Waals surface area contributed by atoms with Crippen molar-refractivity contribution in [2.45, 2.75) is 57.5 Å². The van der Waals surface area contributed by atoms with Gasteiger partial charge in [0.15, 0.2) is 0 Å². The number of nitrogens with one attached hydrogen (secondary N) is 1. The SMILES string of the molecule is CCCCNC(=O)[C@H](Cc1ccccc1)N(Cc1ccccc1Cl)C(=O)CN(c1cc(C)ccc1OC)S(=O)(=O)c1ccc(C)cc1. The van der Waals surface area contributed by atoms with Gasteiger partial charge < -0.3 is 15.0 Å². The summed E-state index contributed by atoms with van der Waals surface area (Å²) >= 11 is 6.58. The molecule has 8 nitrogen and oxygen atoms in total. The highest BCUT2D eigenvalue weighted by Crippen LogP contribution is 2.34. The quantitative estimate of drug-likeness (QED) is 0.141. The zero-order valence-electron chi connectivity index (χ0n) is 27.3. The van der Waals surface area contributed by atoms with Gasteiger partial charge in [-0.2, -0.15) is 0 Å². The van der Waals surface area contributed by atoms with Crippen molar-refractivity contribution < 1.29 is 22.7 Å². The monoisotopic (exact) mass is 675 g/mol. The molecule has 2 amide bonds. The number of carbonyl (C=O) groups is 2. The predicted octanol–water partition coefficient (Wildman–Crippen LogP) is 6.72. The fraction of sp³-hybridized carbons (Fsp3) is 0.297. The molecule has 1 atom stereocenters. The molecule has 4 aromatic carbocycles. The Bertz CT molecular complexity index is 1760.